The van der Waals surface area contributed by atoms with Crippen molar-refractivity contribution >= 4 is 27.4 Å². The maximum atomic E-state index is 14.0. The van der Waals surface area contributed by atoms with Gasteiger partial charge in [-0.3, -0.25) is 14.5 Å². The van der Waals surface area contributed by atoms with E-state index in [-0.39, 0.29) is 11.6 Å². The fourth-order valence-corrected chi connectivity index (χ4v) is 3.94. The molecule has 0 saturated carbocycles. The highest BCUT2D eigenvalue weighted by Crippen LogP contribution is 2.28. The number of nitrogens with zero attached hydrogens (tertiary/aromatic N) is 2. The molecule has 0 bridgehead atoms. The SMILES string of the molecule is CC(=O)Nc1cc(-c2cnc(C)c(NS(=O)(=O)c3ccc(F)cc3F)c2)cc(C)n1. The topological polar surface area (TPSA) is 101 Å². The zero-order valence-electron chi connectivity index (χ0n) is 16.3. The van der Waals surface area contributed by atoms with Gasteiger partial charge in [-0.2, -0.15) is 0 Å². The maximum absolute atomic E-state index is 14.0. The Labute approximate surface area is 172 Å². The van der Waals surface area contributed by atoms with Crippen molar-refractivity contribution in [3.8, 4) is 11.1 Å². The Morgan fingerprint density at radius 3 is 2.43 bits per heavy atom. The number of halogens is 2. The summed E-state index contributed by atoms with van der Waals surface area (Å²) in [5.74, 6) is -2.02. The molecule has 0 aliphatic rings. The number of pyridine rings is 2. The van der Waals surface area contributed by atoms with Crippen LogP contribution in [0.1, 0.15) is 18.3 Å². The monoisotopic (exact) mass is 432 g/mol. The average Bonchev–Trinajstić information content (AvgIpc) is 2.62. The molecule has 7 nitrogen and oxygen atoms in total. The number of sulfonamides is 1. The van der Waals surface area contributed by atoms with Crippen LogP contribution < -0.4 is 10.0 Å². The van der Waals surface area contributed by atoms with E-state index in [1.54, 1.807) is 26.0 Å². The third kappa shape index (κ3) is 4.77. The summed E-state index contributed by atoms with van der Waals surface area (Å²) in [6.07, 6.45) is 1.54. The molecule has 2 N–H and O–H groups in total. The van der Waals surface area contributed by atoms with E-state index in [0.29, 0.717) is 34.4 Å². The lowest BCUT2D eigenvalue weighted by Gasteiger charge is -2.13. The van der Waals surface area contributed by atoms with E-state index in [9.17, 15) is 22.0 Å². The van der Waals surface area contributed by atoms with E-state index in [1.807, 2.05) is 0 Å². The second kappa shape index (κ2) is 8.15. The molecule has 0 aliphatic heterocycles. The van der Waals surface area contributed by atoms with Gasteiger partial charge in [0.15, 0.2) is 0 Å². The Hall–Kier alpha value is -3.40. The van der Waals surface area contributed by atoms with Crippen LogP contribution in [0.5, 0.6) is 0 Å². The minimum atomic E-state index is -4.32. The van der Waals surface area contributed by atoms with Crippen LogP contribution in [0.4, 0.5) is 20.3 Å². The molecule has 1 aromatic carbocycles. The van der Waals surface area contributed by atoms with Crippen molar-refractivity contribution in [2.75, 3.05) is 10.0 Å². The molecule has 0 aliphatic carbocycles. The number of hydrogen-bond acceptors (Lipinski definition) is 5. The lowest BCUT2D eigenvalue weighted by molar-refractivity contribution is -0.114. The number of aryl methyl sites for hydroxylation is 2. The number of anilines is 2. The zero-order valence-corrected chi connectivity index (χ0v) is 17.1. The van der Waals surface area contributed by atoms with E-state index in [2.05, 4.69) is 20.0 Å². The molecule has 3 aromatic rings. The number of carbonyl (C=O) groups is 1. The Bertz CT molecular complexity index is 1250. The summed E-state index contributed by atoms with van der Waals surface area (Å²) < 4.78 is 54.6. The number of hydrogen-bond donors (Lipinski definition) is 2. The van der Waals surface area contributed by atoms with Gasteiger partial charge in [-0.25, -0.2) is 22.2 Å². The van der Waals surface area contributed by atoms with Crippen LogP contribution in [0.25, 0.3) is 11.1 Å². The van der Waals surface area contributed by atoms with E-state index >= 15 is 0 Å². The predicted octanol–water partition coefficient (Wildman–Crippen LogP) is 3.80. The smallest absolute Gasteiger partial charge is 0.264 e. The number of nitrogens with one attached hydrogen (secondary N) is 2. The molecule has 3 rings (SSSR count). The molecule has 0 fully saturated rings. The standard InChI is InChI=1S/C20H18F2N4O3S/c1-11-6-14(8-20(24-11)25-13(3)27)15-7-18(12(2)23-10-15)26-30(28,29)19-5-4-16(21)9-17(19)22/h4-10,26H,1-3H3,(H,24,25,27). The first kappa shape index (κ1) is 21.3. The summed E-state index contributed by atoms with van der Waals surface area (Å²) >= 11 is 0. The molecule has 0 unspecified atom stereocenters. The van der Waals surface area contributed by atoms with Crippen molar-refractivity contribution < 1.29 is 22.0 Å². The molecule has 30 heavy (non-hydrogen) atoms. The Kier molecular flexibility index (Phi) is 5.79. The van der Waals surface area contributed by atoms with Crippen molar-refractivity contribution in [3.63, 3.8) is 0 Å². The van der Waals surface area contributed by atoms with Crippen LogP contribution in [-0.2, 0) is 14.8 Å². The molecule has 1 amide bonds. The number of amides is 1. The highest BCUT2D eigenvalue weighted by Gasteiger charge is 2.21. The molecular formula is C20H18F2N4O3S. The summed E-state index contributed by atoms with van der Waals surface area (Å²) in [6.45, 7) is 4.69. The molecule has 0 atom stereocenters. The van der Waals surface area contributed by atoms with E-state index in [4.69, 9.17) is 0 Å². The minimum Gasteiger partial charge on any atom is -0.311 e. The van der Waals surface area contributed by atoms with Crippen LogP contribution in [-0.4, -0.2) is 24.3 Å². The molecule has 10 heteroatoms. The van der Waals surface area contributed by atoms with E-state index < -0.39 is 26.6 Å². The van der Waals surface area contributed by atoms with Crippen LogP contribution in [0.15, 0.2) is 47.5 Å². The van der Waals surface area contributed by atoms with E-state index in [1.165, 1.54) is 19.2 Å². The lowest BCUT2D eigenvalue weighted by Crippen LogP contribution is -2.16. The first-order valence-electron chi connectivity index (χ1n) is 8.76. The van der Waals surface area contributed by atoms with Crippen molar-refractivity contribution in [1.29, 1.82) is 0 Å². The van der Waals surface area contributed by atoms with Gasteiger partial charge in [-0.05, 0) is 49.7 Å². The van der Waals surface area contributed by atoms with Crippen LogP contribution in [0.2, 0.25) is 0 Å². The summed E-state index contributed by atoms with van der Waals surface area (Å²) in [5, 5.41) is 2.60. The van der Waals surface area contributed by atoms with Crippen LogP contribution in [0.3, 0.4) is 0 Å². The van der Waals surface area contributed by atoms with Gasteiger partial charge < -0.3 is 5.32 Å². The fraction of sp³-hybridized carbons (Fsp3) is 0.150. The first-order valence-corrected chi connectivity index (χ1v) is 10.2. The van der Waals surface area contributed by atoms with Gasteiger partial charge in [0.25, 0.3) is 10.0 Å². The van der Waals surface area contributed by atoms with Gasteiger partial charge >= 0.3 is 0 Å². The Morgan fingerprint density at radius 2 is 1.77 bits per heavy atom. The summed E-state index contributed by atoms with van der Waals surface area (Å²) in [7, 11) is -4.32. The number of benzene rings is 1. The van der Waals surface area contributed by atoms with Gasteiger partial charge in [-0.1, -0.05) is 0 Å². The molecule has 0 saturated heterocycles. The lowest BCUT2D eigenvalue weighted by atomic mass is 10.1. The highest BCUT2D eigenvalue weighted by atomic mass is 32.2. The second-order valence-corrected chi connectivity index (χ2v) is 8.25. The predicted molar refractivity (Wildman–Crippen MR) is 108 cm³/mol. The largest absolute Gasteiger partial charge is 0.311 e. The van der Waals surface area contributed by atoms with Gasteiger partial charge in [0.05, 0.1) is 11.4 Å². The zero-order chi connectivity index (χ0) is 22.1. The maximum Gasteiger partial charge on any atom is 0.264 e. The summed E-state index contributed by atoms with van der Waals surface area (Å²) in [4.78, 5) is 19.1. The number of rotatable bonds is 5. The molecule has 0 radical (unpaired) electrons. The molecule has 2 aromatic heterocycles. The highest BCUT2D eigenvalue weighted by molar-refractivity contribution is 7.92. The number of carbonyl (C=O) groups excluding carboxylic acids is 1. The normalized spacial score (nSPS) is 11.2. The molecule has 156 valence electrons. The Balaban J connectivity index is 2.00. The fourth-order valence-electron chi connectivity index (χ4n) is 2.77. The average molecular weight is 432 g/mol. The molecule has 2 heterocycles. The quantitative estimate of drug-likeness (QED) is 0.639. The third-order valence-corrected chi connectivity index (χ3v) is 5.50. The van der Waals surface area contributed by atoms with Gasteiger partial charge in [-0.15, -0.1) is 0 Å². The third-order valence-electron chi connectivity index (χ3n) is 4.11. The minimum absolute atomic E-state index is 0.131. The van der Waals surface area contributed by atoms with Crippen LogP contribution >= 0.6 is 0 Å². The Morgan fingerprint density at radius 1 is 1.03 bits per heavy atom. The van der Waals surface area contributed by atoms with Gasteiger partial charge in [0.1, 0.15) is 22.3 Å². The molecule has 0 spiro atoms. The van der Waals surface area contributed by atoms with Gasteiger partial charge in [0, 0.05) is 30.4 Å². The number of aromatic nitrogens is 2. The van der Waals surface area contributed by atoms with Crippen LogP contribution in [0, 0.1) is 25.5 Å². The van der Waals surface area contributed by atoms with Crippen molar-refractivity contribution in [1.82, 2.24) is 9.97 Å². The van der Waals surface area contributed by atoms with Crippen molar-refractivity contribution in [2.45, 2.75) is 25.7 Å². The van der Waals surface area contributed by atoms with Gasteiger partial charge in [0.2, 0.25) is 5.91 Å². The van der Waals surface area contributed by atoms with Crippen molar-refractivity contribution in [2.24, 2.45) is 0 Å². The van der Waals surface area contributed by atoms with E-state index in [0.717, 1.165) is 12.1 Å². The van der Waals surface area contributed by atoms with Crippen molar-refractivity contribution in [3.05, 3.63) is 65.6 Å². The second-order valence-electron chi connectivity index (χ2n) is 6.60. The first-order chi connectivity index (χ1) is 14.0. The summed E-state index contributed by atoms with van der Waals surface area (Å²) in [5.41, 5.74) is 2.32. The molecular weight excluding hydrogens is 414 g/mol. The summed E-state index contributed by atoms with van der Waals surface area (Å²) in [6, 6.07) is 7.12.